The number of hydrogen-bond acceptors (Lipinski definition) is 5. The summed E-state index contributed by atoms with van der Waals surface area (Å²) in [7, 11) is 0. The van der Waals surface area contributed by atoms with Crippen molar-refractivity contribution in [3.8, 4) is 22.8 Å². The summed E-state index contributed by atoms with van der Waals surface area (Å²) >= 11 is 0. The predicted octanol–water partition coefficient (Wildman–Crippen LogP) is 2.95. The molecular formula is C21H24FN5O3. The molecule has 0 spiro atoms. The highest BCUT2D eigenvalue weighted by Crippen LogP contribution is 2.30. The third kappa shape index (κ3) is 4.46. The standard InChI is InChI=1S/C21H24FN5O3/c1-13(27(24)21(23)28)11-29-16-6-7-18(19(22)9-16)20-8-15-4-5-17(10-26(15)25-20)30-12-14-2-3-14/h4-10,13-14H,2-3,11-12,24H2,1H3,(H2,23,28)/t13-/m0/s1. The first-order valence-electron chi connectivity index (χ1n) is 9.79. The van der Waals surface area contributed by atoms with Gasteiger partial charge in [0.25, 0.3) is 0 Å². The number of benzene rings is 1. The van der Waals surface area contributed by atoms with Crippen LogP contribution in [0.2, 0.25) is 0 Å². The second-order valence-electron chi connectivity index (χ2n) is 7.57. The minimum Gasteiger partial charge on any atom is -0.492 e. The quantitative estimate of drug-likeness (QED) is 0.335. The van der Waals surface area contributed by atoms with Gasteiger partial charge in [-0.2, -0.15) is 5.10 Å². The summed E-state index contributed by atoms with van der Waals surface area (Å²) in [4.78, 5) is 11.1. The average molecular weight is 413 g/mol. The number of fused-ring (bicyclic) bond motifs is 1. The number of carbonyl (C=O) groups is 1. The molecule has 2 heterocycles. The van der Waals surface area contributed by atoms with E-state index in [0.717, 1.165) is 22.9 Å². The van der Waals surface area contributed by atoms with E-state index in [1.807, 2.05) is 18.2 Å². The molecule has 2 aromatic heterocycles. The van der Waals surface area contributed by atoms with E-state index in [4.69, 9.17) is 21.1 Å². The number of urea groups is 1. The van der Waals surface area contributed by atoms with Gasteiger partial charge >= 0.3 is 6.03 Å². The monoisotopic (exact) mass is 413 g/mol. The molecule has 1 atom stereocenters. The number of nitrogens with zero attached hydrogens (tertiary/aromatic N) is 3. The van der Waals surface area contributed by atoms with Crippen LogP contribution in [0.3, 0.4) is 0 Å². The van der Waals surface area contributed by atoms with E-state index in [-0.39, 0.29) is 6.61 Å². The van der Waals surface area contributed by atoms with Crippen LogP contribution in [0.1, 0.15) is 19.8 Å². The molecule has 0 unspecified atom stereocenters. The molecule has 0 saturated heterocycles. The van der Waals surface area contributed by atoms with Gasteiger partial charge in [-0.15, -0.1) is 0 Å². The Morgan fingerprint density at radius 2 is 2.03 bits per heavy atom. The maximum Gasteiger partial charge on any atom is 0.329 e. The van der Waals surface area contributed by atoms with Crippen molar-refractivity contribution in [2.45, 2.75) is 25.8 Å². The van der Waals surface area contributed by atoms with Gasteiger partial charge in [0.2, 0.25) is 0 Å². The van der Waals surface area contributed by atoms with E-state index in [0.29, 0.717) is 22.9 Å². The smallest absolute Gasteiger partial charge is 0.329 e. The van der Waals surface area contributed by atoms with Gasteiger partial charge in [0.1, 0.15) is 23.9 Å². The Balaban J connectivity index is 1.46. The van der Waals surface area contributed by atoms with E-state index in [1.54, 1.807) is 29.8 Å². The highest BCUT2D eigenvalue weighted by Gasteiger charge is 2.22. The molecule has 2 amide bonds. The fourth-order valence-corrected chi connectivity index (χ4v) is 2.99. The van der Waals surface area contributed by atoms with Crippen LogP contribution in [0.4, 0.5) is 9.18 Å². The van der Waals surface area contributed by atoms with Crippen molar-refractivity contribution in [1.29, 1.82) is 0 Å². The van der Waals surface area contributed by atoms with E-state index in [1.165, 1.54) is 18.9 Å². The number of pyridine rings is 1. The number of nitrogens with two attached hydrogens (primary N) is 2. The number of halogens is 1. The first kappa shape index (κ1) is 20.0. The predicted molar refractivity (Wildman–Crippen MR) is 109 cm³/mol. The van der Waals surface area contributed by atoms with Crippen LogP contribution in [0, 0.1) is 11.7 Å². The van der Waals surface area contributed by atoms with Crippen LogP contribution >= 0.6 is 0 Å². The van der Waals surface area contributed by atoms with Gasteiger partial charge in [-0.3, -0.25) is 5.01 Å². The summed E-state index contributed by atoms with van der Waals surface area (Å²) in [6.07, 6.45) is 4.25. The van der Waals surface area contributed by atoms with Gasteiger partial charge in [-0.05, 0) is 56.0 Å². The fraction of sp³-hybridized carbons (Fsp3) is 0.333. The van der Waals surface area contributed by atoms with E-state index in [2.05, 4.69) is 5.10 Å². The Morgan fingerprint density at radius 3 is 2.73 bits per heavy atom. The molecule has 0 aliphatic heterocycles. The number of hydrogen-bond donors (Lipinski definition) is 2. The van der Waals surface area contributed by atoms with Gasteiger partial charge in [0.15, 0.2) is 0 Å². The first-order valence-corrected chi connectivity index (χ1v) is 9.79. The van der Waals surface area contributed by atoms with Gasteiger partial charge in [0.05, 0.1) is 30.1 Å². The summed E-state index contributed by atoms with van der Waals surface area (Å²) in [5.74, 6) is 6.78. The normalized spacial score (nSPS) is 14.5. The molecule has 4 N–H and O–H groups in total. The summed E-state index contributed by atoms with van der Waals surface area (Å²) in [5, 5.41) is 5.34. The lowest BCUT2D eigenvalue weighted by molar-refractivity contribution is 0.157. The Labute approximate surface area is 173 Å². The molecule has 1 aliphatic carbocycles. The zero-order valence-corrected chi connectivity index (χ0v) is 16.6. The number of rotatable bonds is 8. The van der Waals surface area contributed by atoms with Gasteiger partial charge in [-0.1, -0.05) is 0 Å². The van der Waals surface area contributed by atoms with Gasteiger partial charge in [-0.25, -0.2) is 19.5 Å². The molecule has 0 radical (unpaired) electrons. The van der Waals surface area contributed by atoms with Crippen molar-refractivity contribution in [3.63, 3.8) is 0 Å². The molecule has 1 aliphatic rings. The summed E-state index contributed by atoms with van der Waals surface area (Å²) in [5.41, 5.74) is 6.82. The molecule has 0 bridgehead atoms. The van der Waals surface area contributed by atoms with Crippen LogP contribution in [0.5, 0.6) is 11.5 Å². The van der Waals surface area contributed by atoms with Crippen LogP contribution in [0.25, 0.3) is 16.8 Å². The van der Waals surface area contributed by atoms with Gasteiger partial charge < -0.3 is 15.2 Å². The maximum absolute atomic E-state index is 14.7. The highest BCUT2D eigenvalue weighted by molar-refractivity contribution is 5.71. The summed E-state index contributed by atoms with van der Waals surface area (Å²) in [6.45, 7) is 2.47. The molecule has 158 valence electrons. The molecule has 3 aromatic rings. The Morgan fingerprint density at radius 1 is 1.27 bits per heavy atom. The van der Waals surface area contributed by atoms with E-state index >= 15 is 0 Å². The molecular weight excluding hydrogens is 389 g/mol. The fourth-order valence-electron chi connectivity index (χ4n) is 2.99. The third-order valence-electron chi connectivity index (χ3n) is 5.05. The van der Waals surface area contributed by atoms with Crippen LogP contribution < -0.4 is 21.1 Å². The summed E-state index contributed by atoms with van der Waals surface area (Å²) < 4.78 is 27.7. The number of hydrazine groups is 1. The zero-order valence-electron chi connectivity index (χ0n) is 16.6. The van der Waals surface area contributed by atoms with Gasteiger partial charge in [0, 0.05) is 11.6 Å². The second kappa shape index (κ2) is 8.19. The average Bonchev–Trinajstić information content (AvgIpc) is 3.46. The first-order chi connectivity index (χ1) is 14.4. The third-order valence-corrected chi connectivity index (χ3v) is 5.05. The minimum absolute atomic E-state index is 0.0796. The molecule has 4 rings (SSSR count). The van der Waals surface area contributed by atoms with Crippen molar-refractivity contribution in [1.82, 2.24) is 14.6 Å². The number of primary amides is 1. The van der Waals surface area contributed by atoms with Crippen molar-refractivity contribution in [3.05, 3.63) is 48.4 Å². The van der Waals surface area contributed by atoms with Crippen LogP contribution in [-0.4, -0.2) is 39.9 Å². The molecule has 8 nitrogen and oxygen atoms in total. The molecule has 30 heavy (non-hydrogen) atoms. The van der Waals surface area contributed by atoms with Crippen molar-refractivity contribution < 1.29 is 18.7 Å². The lowest BCUT2D eigenvalue weighted by atomic mass is 10.1. The Hall–Kier alpha value is -3.33. The maximum atomic E-state index is 14.7. The second-order valence-corrected chi connectivity index (χ2v) is 7.57. The number of amides is 2. The molecule has 1 aromatic carbocycles. The summed E-state index contributed by atoms with van der Waals surface area (Å²) in [6, 6.07) is 8.91. The largest absolute Gasteiger partial charge is 0.492 e. The topological polar surface area (TPSA) is 108 Å². The highest BCUT2D eigenvalue weighted by atomic mass is 19.1. The minimum atomic E-state index is -0.763. The SMILES string of the molecule is C[C@@H](COc1ccc(-c2cc3ccc(OCC4CC4)cn3n2)c(F)c1)N(N)C(N)=O. The van der Waals surface area contributed by atoms with Crippen LogP contribution in [0.15, 0.2) is 42.6 Å². The Kier molecular flexibility index (Phi) is 5.45. The number of carbonyl (C=O) groups excluding carboxylic acids is 1. The lowest BCUT2D eigenvalue weighted by Crippen LogP contribution is -2.49. The number of aromatic nitrogens is 2. The Bertz CT molecular complexity index is 1070. The van der Waals surface area contributed by atoms with Crippen molar-refractivity contribution in [2.75, 3.05) is 13.2 Å². The lowest BCUT2D eigenvalue weighted by Gasteiger charge is -2.22. The van der Waals surface area contributed by atoms with E-state index < -0.39 is 17.9 Å². The molecule has 9 heteroatoms. The van der Waals surface area contributed by atoms with Crippen molar-refractivity contribution in [2.24, 2.45) is 17.5 Å². The number of ether oxygens (including phenoxy) is 2. The van der Waals surface area contributed by atoms with E-state index in [9.17, 15) is 9.18 Å². The zero-order chi connectivity index (χ0) is 21.3. The molecule has 1 fully saturated rings. The van der Waals surface area contributed by atoms with Crippen molar-refractivity contribution >= 4 is 11.5 Å². The molecule has 1 saturated carbocycles. The van der Waals surface area contributed by atoms with Crippen LogP contribution in [-0.2, 0) is 0 Å².